The number of carboxylic acids is 1. The highest BCUT2D eigenvalue weighted by atomic mass is 16.4. The Kier molecular flexibility index (Phi) is 5.10. The van der Waals surface area contributed by atoms with Gasteiger partial charge in [-0.1, -0.05) is 48.5 Å². The molecule has 2 aromatic rings. The highest BCUT2D eigenvalue weighted by molar-refractivity contribution is 5.95. The van der Waals surface area contributed by atoms with Crippen molar-refractivity contribution in [3.8, 4) is 0 Å². The quantitative estimate of drug-likeness (QED) is 0.856. The van der Waals surface area contributed by atoms with Gasteiger partial charge in [0.15, 0.2) is 0 Å². The third-order valence-electron chi connectivity index (χ3n) is 3.12. The maximum absolute atomic E-state index is 12.1. The Labute approximate surface area is 123 Å². The topological polar surface area (TPSA) is 66.4 Å². The molecule has 0 unspecified atom stereocenters. The van der Waals surface area contributed by atoms with Crippen LogP contribution in [0, 0.1) is 0 Å². The van der Waals surface area contributed by atoms with Gasteiger partial charge in [-0.2, -0.15) is 0 Å². The number of carbonyl (C=O) groups is 2. The van der Waals surface area contributed by atoms with E-state index < -0.39 is 5.97 Å². The Morgan fingerprint density at radius 2 is 1.62 bits per heavy atom. The minimum absolute atomic E-state index is 0.0768. The summed E-state index contributed by atoms with van der Waals surface area (Å²) in [4.78, 5) is 22.6. The lowest BCUT2D eigenvalue weighted by molar-refractivity contribution is -0.136. The Bertz CT molecular complexity index is 623. The zero-order valence-corrected chi connectivity index (χ0v) is 11.6. The molecule has 2 N–H and O–H groups in total. The van der Waals surface area contributed by atoms with E-state index in [-0.39, 0.29) is 18.9 Å². The van der Waals surface area contributed by atoms with Crippen LogP contribution in [0.25, 0.3) is 0 Å². The Morgan fingerprint density at radius 1 is 0.952 bits per heavy atom. The molecule has 2 aromatic carbocycles. The van der Waals surface area contributed by atoms with Crippen LogP contribution < -0.4 is 5.32 Å². The second-order valence-electron chi connectivity index (χ2n) is 4.72. The molecule has 108 valence electrons. The van der Waals surface area contributed by atoms with Gasteiger partial charge < -0.3 is 10.4 Å². The van der Waals surface area contributed by atoms with E-state index >= 15 is 0 Å². The van der Waals surface area contributed by atoms with Gasteiger partial charge in [0.25, 0.3) is 5.91 Å². The number of hydrogen-bond acceptors (Lipinski definition) is 2. The molecule has 0 aliphatic rings. The molecular weight excluding hydrogens is 266 g/mol. The highest BCUT2D eigenvalue weighted by Crippen LogP contribution is 2.14. The fraction of sp³-hybridized carbons (Fsp3) is 0.176. The first-order valence-corrected chi connectivity index (χ1v) is 6.78. The molecule has 0 bridgehead atoms. The molecule has 0 aliphatic carbocycles. The minimum atomic E-state index is -0.923. The van der Waals surface area contributed by atoms with Gasteiger partial charge in [0, 0.05) is 12.1 Å². The molecule has 4 nitrogen and oxygen atoms in total. The minimum Gasteiger partial charge on any atom is -0.481 e. The Balaban J connectivity index is 2.09. The van der Waals surface area contributed by atoms with Crippen molar-refractivity contribution < 1.29 is 14.7 Å². The van der Waals surface area contributed by atoms with Crippen LogP contribution in [0.4, 0.5) is 0 Å². The summed E-state index contributed by atoms with van der Waals surface area (Å²) in [5, 5.41) is 11.2. The fourth-order valence-electron chi connectivity index (χ4n) is 2.09. The first-order valence-electron chi connectivity index (χ1n) is 6.78. The van der Waals surface area contributed by atoms with Gasteiger partial charge in [-0.3, -0.25) is 9.59 Å². The summed E-state index contributed by atoms with van der Waals surface area (Å²) >= 11 is 0. The summed E-state index contributed by atoms with van der Waals surface area (Å²) in [5.41, 5.74) is 2.64. The third-order valence-corrected chi connectivity index (χ3v) is 3.12. The van der Waals surface area contributed by atoms with Gasteiger partial charge in [-0.05, 0) is 23.6 Å². The van der Waals surface area contributed by atoms with Gasteiger partial charge in [0.2, 0.25) is 0 Å². The molecule has 0 spiro atoms. The van der Waals surface area contributed by atoms with Crippen molar-refractivity contribution in [2.24, 2.45) is 0 Å². The molecule has 2 rings (SSSR count). The molecule has 0 fully saturated rings. The zero-order valence-electron chi connectivity index (χ0n) is 11.6. The maximum atomic E-state index is 12.1. The van der Waals surface area contributed by atoms with Crippen LogP contribution in [0.2, 0.25) is 0 Å². The molecule has 0 saturated heterocycles. The fourth-order valence-corrected chi connectivity index (χ4v) is 2.09. The number of carboxylic acid groups (broad SMARTS) is 1. The summed E-state index contributed by atoms with van der Waals surface area (Å²) in [5.74, 6) is -1.16. The van der Waals surface area contributed by atoms with Crippen molar-refractivity contribution in [2.45, 2.75) is 12.8 Å². The van der Waals surface area contributed by atoms with E-state index in [9.17, 15) is 9.59 Å². The molecule has 0 saturated carbocycles. The lowest BCUT2D eigenvalue weighted by Crippen LogP contribution is -2.27. The normalized spacial score (nSPS) is 10.1. The highest BCUT2D eigenvalue weighted by Gasteiger charge is 2.11. The van der Waals surface area contributed by atoms with Crippen molar-refractivity contribution in [2.75, 3.05) is 6.54 Å². The summed E-state index contributed by atoms with van der Waals surface area (Å²) in [6.07, 6.45) is 0.593. The van der Waals surface area contributed by atoms with E-state index in [2.05, 4.69) is 5.32 Å². The van der Waals surface area contributed by atoms with Crippen molar-refractivity contribution in [1.82, 2.24) is 5.32 Å². The second kappa shape index (κ2) is 7.24. The van der Waals surface area contributed by atoms with Crippen molar-refractivity contribution >= 4 is 11.9 Å². The molecule has 21 heavy (non-hydrogen) atoms. The zero-order chi connectivity index (χ0) is 15.1. The van der Waals surface area contributed by atoms with Crippen molar-refractivity contribution in [3.63, 3.8) is 0 Å². The lowest BCUT2D eigenvalue weighted by Gasteiger charge is -2.10. The maximum Gasteiger partial charge on any atom is 0.305 e. The molecule has 0 heterocycles. The number of hydrogen-bond donors (Lipinski definition) is 2. The van der Waals surface area contributed by atoms with Crippen molar-refractivity contribution in [1.29, 1.82) is 0 Å². The number of benzene rings is 2. The molecular formula is C17H17NO3. The molecule has 0 aromatic heterocycles. The average Bonchev–Trinajstić information content (AvgIpc) is 2.48. The predicted molar refractivity (Wildman–Crippen MR) is 80.3 cm³/mol. The number of nitrogens with one attached hydrogen (secondary N) is 1. The van der Waals surface area contributed by atoms with Gasteiger partial charge in [-0.15, -0.1) is 0 Å². The van der Waals surface area contributed by atoms with Crippen LogP contribution in [-0.4, -0.2) is 23.5 Å². The van der Waals surface area contributed by atoms with Crippen molar-refractivity contribution in [3.05, 3.63) is 71.3 Å². The largest absolute Gasteiger partial charge is 0.481 e. The predicted octanol–water partition coefficient (Wildman–Crippen LogP) is 2.48. The van der Waals surface area contributed by atoms with Crippen LogP contribution in [0.15, 0.2) is 54.6 Å². The summed E-state index contributed by atoms with van der Waals surface area (Å²) in [6.45, 7) is 0.133. The average molecular weight is 283 g/mol. The number of aliphatic carboxylic acids is 1. The van der Waals surface area contributed by atoms with Gasteiger partial charge in [-0.25, -0.2) is 0 Å². The summed E-state index contributed by atoms with van der Waals surface area (Å²) in [7, 11) is 0. The first kappa shape index (κ1) is 14.8. The van der Waals surface area contributed by atoms with E-state index in [1.807, 2.05) is 42.5 Å². The van der Waals surface area contributed by atoms with E-state index in [1.54, 1.807) is 12.1 Å². The van der Waals surface area contributed by atoms with Gasteiger partial charge in [0.05, 0.1) is 6.42 Å². The van der Waals surface area contributed by atoms with E-state index in [0.29, 0.717) is 12.0 Å². The SMILES string of the molecule is O=C(O)CCNC(=O)c1ccccc1Cc1ccccc1. The molecule has 1 amide bonds. The molecule has 0 aliphatic heterocycles. The monoisotopic (exact) mass is 283 g/mol. The third kappa shape index (κ3) is 4.45. The van der Waals surface area contributed by atoms with Gasteiger partial charge >= 0.3 is 5.97 Å². The Hall–Kier alpha value is -2.62. The molecule has 0 radical (unpaired) electrons. The number of amides is 1. The Morgan fingerprint density at radius 3 is 2.33 bits per heavy atom. The van der Waals surface area contributed by atoms with E-state index in [1.165, 1.54) is 0 Å². The molecule has 4 heteroatoms. The summed E-state index contributed by atoms with van der Waals surface area (Å²) in [6, 6.07) is 17.3. The standard InChI is InChI=1S/C17H17NO3/c19-16(20)10-11-18-17(21)15-9-5-4-8-14(15)12-13-6-2-1-3-7-13/h1-9H,10-12H2,(H,18,21)(H,19,20). The van der Waals surface area contributed by atoms with E-state index in [0.717, 1.165) is 11.1 Å². The molecule has 0 atom stereocenters. The number of rotatable bonds is 6. The van der Waals surface area contributed by atoms with Crippen LogP contribution >= 0.6 is 0 Å². The van der Waals surface area contributed by atoms with Crippen LogP contribution in [0.3, 0.4) is 0 Å². The van der Waals surface area contributed by atoms with Crippen LogP contribution in [0.5, 0.6) is 0 Å². The lowest BCUT2D eigenvalue weighted by atomic mass is 9.99. The second-order valence-corrected chi connectivity index (χ2v) is 4.72. The summed E-state index contributed by atoms with van der Waals surface area (Å²) < 4.78 is 0. The van der Waals surface area contributed by atoms with Crippen LogP contribution in [0.1, 0.15) is 27.9 Å². The smallest absolute Gasteiger partial charge is 0.305 e. The van der Waals surface area contributed by atoms with Gasteiger partial charge in [0.1, 0.15) is 0 Å². The number of carbonyl (C=O) groups excluding carboxylic acids is 1. The van der Waals surface area contributed by atoms with Crippen LogP contribution in [-0.2, 0) is 11.2 Å². The van der Waals surface area contributed by atoms with E-state index in [4.69, 9.17) is 5.11 Å². The first-order chi connectivity index (χ1) is 10.2.